The molecule has 0 saturated carbocycles. The number of aromatic nitrogens is 2. The zero-order valence-corrected chi connectivity index (χ0v) is 21.6. The molecule has 2 aliphatic heterocycles. The molecular formula is C26H28ClN5O6. The SMILES string of the molecule is CC1(COc2ccc(N3CCC(COC(=O)Nc4ccc(Cl)cc4)CC3)cc2)Cn2cc([N+](=O)[O-])nc2O1. The second-order valence-corrected chi connectivity index (χ2v) is 10.2. The van der Waals surface area contributed by atoms with Crippen molar-refractivity contribution >= 4 is 34.9 Å². The molecule has 0 spiro atoms. The average Bonchev–Trinajstić information content (AvgIpc) is 3.44. The molecule has 1 aromatic heterocycles. The number of rotatable bonds is 8. The molecule has 5 rings (SSSR count). The lowest BCUT2D eigenvalue weighted by molar-refractivity contribution is -0.389. The van der Waals surface area contributed by atoms with Crippen LogP contribution in [0.25, 0.3) is 0 Å². The summed E-state index contributed by atoms with van der Waals surface area (Å²) in [5.74, 6) is 0.798. The Morgan fingerprint density at radius 1 is 1.21 bits per heavy atom. The Hall–Kier alpha value is -3.99. The number of hydrogen-bond donors (Lipinski definition) is 1. The number of fused-ring (bicyclic) bond motifs is 1. The van der Waals surface area contributed by atoms with Gasteiger partial charge in [-0.15, -0.1) is 0 Å². The normalized spacial score (nSPS) is 18.9. The van der Waals surface area contributed by atoms with Crippen molar-refractivity contribution in [3.8, 4) is 11.8 Å². The van der Waals surface area contributed by atoms with Crippen molar-refractivity contribution in [2.45, 2.75) is 31.9 Å². The fourth-order valence-corrected chi connectivity index (χ4v) is 4.71. The van der Waals surface area contributed by atoms with Gasteiger partial charge in [0.05, 0.1) is 13.2 Å². The van der Waals surface area contributed by atoms with E-state index in [0.29, 0.717) is 35.5 Å². The second kappa shape index (κ2) is 10.8. The minimum absolute atomic E-state index is 0.227. The minimum atomic E-state index is -0.661. The summed E-state index contributed by atoms with van der Waals surface area (Å²) in [6, 6.07) is 15.0. The number of nitrogens with one attached hydrogen (secondary N) is 1. The summed E-state index contributed by atoms with van der Waals surface area (Å²) in [7, 11) is 0. The predicted octanol–water partition coefficient (Wildman–Crippen LogP) is 5.14. The first-order valence-electron chi connectivity index (χ1n) is 12.3. The maximum Gasteiger partial charge on any atom is 0.415 e. The molecule has 0 bridgehead atoms. The molecule has 1 amide bonds. The Kier molecular flexibility index (Phi) is 7.28. The van der Waals surface area contributed by atoms with Crippen LogP contribution in [0.15, 0.2) is 54.7 Å². The van der Waals surface area contributed by atoms with Crippen LogP contribution in [0.4, 0.5) is 22.0 Å². The summed E-state index contributed by atoms with van der Waals surface area (Å²) in [5.41, 5.74) is 1.09. The van der Waals surface area contributed by atoms with Crippen LogP contribution in [0.1, 0.15) is 19.8 Å². The van der Waals surface area contributed by atoms with E-state index in [-0.39, 0.29) is 18.4 Å². The van der Waals surface area contributed by atoms with Crippen LogP contribution in [0.5, 0.6) is 11.8 Å². The van der Waals surface area contributed by atoms with Crippen LogP contribution < -0.4 is 19.7 Å². The van der Waals surface area contributed by atoms with Crippen LogP contribution >= 0.6 is 11.6 Å². The molecule has 38 heavy (non-hydrogen) atoms. The smallest absolute Gasteiger partial charge is 0.415 e. The average molecular weight is 542 g/mol. The highest BCUT2D eigenvalue weighted by molar-refractivity contribution is 6.30. The molecule has 0 radical (unpaired) electrons. The Bertz CT molecular complexity index is 1260. The van der Waals surface area contributed by atoms with Crippen molar-refractivity contribution in [1.29, 1.82) is 0 Å². The number of amides is 1. The summed E-state index contributed by atoms with van der Waals surface area (Å²) in [5, 5.41) is 14.2. The van der Waals surface area contributed by atoms with E-state index in [9.17, 15) is 14.9 Å². The third kappa shape index (κ3) is 6.10. The molecule has 3 heterocycles. The third-order valence-electron chi connectivity index (χ3n) is 6.66. The fraction of sp³-hybridized carbons (Fsp3) is 0.385. The number of ether oxygens (including phenoxy) is 3. The van der Waals surface area contributed by atoms with Gasteiger partial charge in [0.2, 0.25) is 0 Å². The van der Waals surface area contributed by atoms with Crippen LogP contribution in [0.3, 0.4) is 0 Å². The number of hydrogen-bond acceptors (Lipinski definition) is 8. The zero-order chi connectivity index (χ0) is 26.7. The maximum absolute atomic E-state index is 12.1. The Morgan fingerprint density at radius 2 is 1.92 bits per heavy atom. The Balaban J connectivity index is 1.04. The van der Waals surface area contributed by atoms with E-state index in [2.05, 4.69) is 15.2 Å². The van der Waals surface area contributed by atoms with Crippen LogP contribution in [-0.2, 0) is 11.3 Å². The Morgan fingerprint density at radius 3 is 2.58 bits per heavy atom. The summed E-state index contributed by atoms with van der Waals surface area (Å²) in [4.78, 5) is 28.6. The summed E-state index contributed by atoms with van der Waals surface area (Å²) in [6.45, 7) is 4.71. The largest absolute Gasteiger partial charge is 0.489 e. The molecule has 1 unspecified atom stereocenters. The van der Waals surface area contributed by atoms with Crippen molar-refractivity contribution in [2.24, 2.45) is 5.92 Å². The molecule has 1 atom stereocenters. The van der Waals surface area contributed by atoms with Gasteiger partial charge in [0, 0.05) is 34.5 Å². The van der Waals surface area contributed by atoms with Crippen LogP contribution in [0, 0.1) is 16.0 Å². The molecule has 200 valence electrons. The van der Waals surface area contributed by atoms with Crippen LogP contribution in [0.2, 0.25) is 5.02 Å². The molecule has 0 aliphatic carbocycles. The molecule has 1 fully saturated rings. The summed E-state index contributed by atoms with van der Waals surface area (Å²) >= 11 is 5.86. The van der Waals surface area contributed by atoms with Gasteiger partial charge < -0.3 is 29.2 Å². The van der Waals surface area contributed by atoms with Gasteiger partial charge in [-0.05, 0) is 79.1 Å². The van der Waals surface area contributed by atoms with Gasteiger partial charge in [-0.2, -0.15) is 0 Å². The van der Waals surface area contributed by atoms with Gasteiger partial charge in [-0.1, -0.05) is 11.6 Å². The van der Waals surface area contributed by atoms with E-state index >= 15 is 0 Å². The number of benzene rings is 2. The fourth-order valence-electron chi connectivity index (χ4n) is 4.58. The van der Waals surface area contributed by atoms with Crippen LogP contribution in [-0.4, -0.2) is 52.5 Å². The highest BCUT2D eigenvalue weighted by Crippen LogP contribution is 2.32. The van der Waals surface area contributed by atoms with E-state index in [1.165, 1.54) is 6.20 Å². The number of carbonyl (C=O) groups excluding carboxylic acids is 1. The number of piperidine rings is 1. The lowest BCUT2D eigenvalue weighted by Gasteiger charge is -2.33. The number of nitro groups is 1. The lowest BCUT2D eigenvalue weighted by Crippen LogP contribution is -2.38. The van der Waals surface area contributed by atoms with Gasteiger partial charge in [0.1, 0.15) is 18.6 Å². The number of anilines is 2. The third-order valence-corrected chi connectivity index (χ3v) is 6.91. The van der Waals surface area contributed by atoms with Gasteiger partial charge in [-0.3, -0.25) is 9.88 Å². The Labute approximate surface area is 224 Å². The van der Waals surface area contributed by atoms with Crippen molar-refractivity contribution in [3.05, 3.63) is 69.9 Å². The van der Waals surface area contributed by atoms with Crippen molar-refractivity contribution < 1.29 is 23.9 Å². The molecule has 1 saturated heterocycles. The van der Waals surface area contributed by atoms with E-state index in [4.69, 9.17) is 25.8 Å². The van der Waals surface area contributed by atoms with E-state index in [1.54, 1.807) is 28.8 Å². The topological polar surface area (TPSA) is 121 Å². The zero-order valence-electron chi connectivity index (χ0n) is 20.8. The number of halogens is 1. The molecule has 11 nitrogen and oxygen atoms in total. The van der Waals surface area contributed by atoms with E-state index < -0.39 is 16.6 Å². The van der Waals surface area contributed by atoms with Crippen molar-refractivity contribution in [3.63, 3.8) is 0 Å². The molecule has 3 aromatic rings. The lowest BCUT2D eigenvalue weighted by atomic mass is 9.97. The molecule has 2 aliphatic rings. The summed E-state index contributed by atoms with van der Waals surface area (Å²) in [6.07, 6.45) is 2.76. The second-order valence-electron chi connectivity index (χ2n) is 9.76. The standard InChI is InChI=1S/C26H28ClN5O6/c1-26(16-31-14-23(32(34)35)29-24(31)38-26)17-37-22-8-6-21(7-9-22)30-12-10-18(11-13-30)15-36-25(33)28-20-4-2-19(27)3-5-20/h2-9,14,18H,10-13,15-17H2,1H3,(H,28,33). The minimum Gasteiger partial charge on any atom is -0.489 e. The van der Waals surface area contributed by atoms with Gasteiger partial charge in [0.25, 0.3) is 0 Å². The molecule has 2 aromatic carbocycles. The summed E-state index contributed by atoms with van der Waals surface area (Å²) < 4.78 is 18.8. The first-order valence-corrected chi connectivity index (χ1v) is 12.7. The van der Waals surface area contributed by atoms with Crippen molar-refractivity contribution in [1.82, 2.24) is 9.55 Å². The van der Waals surface area contributed by atoms with Crippen molar-refractivity contribution in [2.75, 3.05) is 36.5 Å². The highest BCUT2D eigenvalue weighted by atomic mass is 35.5. The van der Waals surface area contributed by atoms with Gasteiger partial charge in [-0.25, -0.2) is 4.79 Å². The predicted molar refractivity (Wildman–Crippen MR) is 141 cm³/mol. The van der Waals surface area contributed by atoms with E-state index in [1.807, 2.05) is 31.2 Å². The first kappa shape index (κ1) is 25.7. The molecular weight excluding hydrogens is 514 g/mol. The molecule has 1 N–H and O–H groups in total. The number of nitrogens with zero attached hydrogens (tertiary/aromatic N) is 4. The van der Waals surface area contributed by atoms with Gasteiger partial charge in [0.15, 0.2) is 5.60 Å². The van der Waals surface area contributed by atoms with Gasteiger partial charge >= 0.3 is 17.9 Å². The first-order chi connectivity index (χ1) is 18.3. The number of carbonyl (C=O) groups is 1. The molecule has 12 heteroatoms. The quantitative estimate of drug-likeness (QED) is 0.307. The monoisotopic (exact) mass is 541 g/mol. The van der Waals surface area contributed by atoms with E-state index in [0.717, 1.165) is 31.6 Å². The maximum atomic E-state index is 12.1. The number of imidazole rings is 1. The highest BCUT2D eigenvalue weighted by Gasteiger charge is 2.41.